The normalized spacial score (nSPS) is 8.60. The van der Waals surface area contributed by atoms with Crippen LogP contribution in [0.4, 0.5) is 0 Å². The van der Waals surface area contributed by atoms with Crippen molar-refractivity contribution in [3.8, 4) is 0 Å². The summed E-state index contributed by atoms with van der Waals surface area (Å²) in [4.78, 5) is 10.7. The molecule has 56 valence electrons. The Kier molecular flexibility index (Phi) is 3.43. The Morgan fingerprint density at radius 1 is 1.60 bits per heavy atom. The smallest absolute Gasteiger partial charge is 0.250 e. The number of carbonyl (C=O) groups excluding carboxylic acids is 1. The van der Waals surface area contributed by atoms with E-state index in [9.17, 15) is 4.79 Å². The number of aliphatic hydroxyl groups excluding tert-OH is 1. The van der Waals surface area contributed by atoms with E-state index in [0.717, 1.165) is 0 Å². The number of carbonyl (C=O) groups is 1. The highest BCUT2D eigenvalue weighted by Gasteiger charge is 2.00. The molecular weight excluding hydrogens is 130 g/mol. The maximum Gasteiger partial charge on any atom is 0.250 e. The maximum absolute atomic E-state index is 10.7. The summed E-state index contributed by atoms with van der Waals surface area (Å²) in [6.07, 6.45) is 0. The third-order valence-corrected chi connectivity index (χ3v) is 0.869. The molecule has 2 N–H and O–H groups in total. The second-order valence-corrected chi connectivity index (χ2v) is 2.00. The van der Waals surface area contributed by atoms with E-state index in [2.05, 4.69) is 18.5 Å². The Hall–Kier alpha value is -1.09. The lowest BCUT2D eigenvalue weighted by Crippen LogP contribution is -2.23. The van der Waals surface area contributed by atoms with E-state index in [1.54, 1.807) is 6.92 Å². The van der Waals surface area contributed by atoms with Gasteiger partial charge in [0.15, 0.2) is 0 Å². The van der Waals surface area contributed by atoms with Gasteiger partial charge in [-0.15, -0.1) is 0 Å². The highest BCUT2D eigenvalue weighted by atomic mass is 16.3. The van der Waals surface area contributed by atoms with Crippen LogP contribution in [0.5, 0.6) is 0 Å². The van der Waals surface area contributed by atoms with Crippen molar-refractivity contribution < 1.29 is 9.90 Å². The van der Waals surface area contributed by atoms with E-state index in [0.29, 0.717) is 5.57 Å². The van der Waals surface area contributed by atoms with E-state index in [1.165, 1.54) is 0 Å². The Labute approximate surface area is 60.1 Å². The van der Waals surface area contributed by atoms with Crippen LogP contribution in [0.25, 0.3) is 0 Å². The van der Waals surface area contributed by atoms with Crippen LogP contribution in [-0.2, 0) is 4.79 Å². The fourth-order valence-corrected chi connectivity index (χ4v) is 0.307. The van der Waals surface area contributed by atoms with E-state index in [1.807, 2.05) is 0 Å². The molecule has 0 heterocycles. The van der Waals surface area contributed by atoms with Crippen molar-refractivity contribution in [2.75, 3.05) is 6.61 Å². The van der Waals surface area contributed by atoms with Crippen LogP contribution in [0, 0.1) is 0 Å². The zero-order chi connectivity index (χ0) is 8.15. The first kappa shape index (κ1) is 8.91. The molecule has 0 saturated heterocycles. The van der Waals surface area contributed by atoms with Crippen LogP contribution in [-0.4, -0.2) is 17.6 Å². The van der Waals surface area contributed by atoms with Crippen molar-refractivity contribution in [2.24, 2.45) is 0 Å². The van der Waals surface area contributed by atoms with Crippen LogP contribution < -0.4 is 5.32 Å². The first-order chi connectivity index (χ1) is 4.57. The van der Waals surface area contributed by atoms with Crippen molar-refractivity contribution in [3.05, 3.63) is 24.4 Å². The molecule has 0 radical (unpaired) electrons. The third-order valence-electron chi connectivity index (χ3n) is 0.869. The minimum atomic E-state index is -0.306. The van der Waals surface area contributed by atoms with Gasteiger partial charge in [0.1, 0.15) is 0 Å². The summed E-state index contributed by atoms with van der Waals surface area (Å²) >= 11 is 0. The van der Waals surface area contributed by atoms with Gasteiger partial charge in [-0.1, -0.05) is 13.2 Å². The zero-order valence-electron chi connectivity index (χ0n) is 5.98. The number of nitrogens with one attached hydrogen (secondary N) is 1. The standard InChI is InChI=1S/C7H11NO2/c1-5(2)7(10)8-6(3)4-9/h9H,1,3-4H2,2H3,(H,8,10). The van der Waals surface area contributed by atoms with Crippen LogP contribution >= 0.6 is 0 Å². The van der Waals surface area contributed by atoms with Gasteiger partial charge in [0.2, 0.25) is 0 Å². The van der Waals surface area contributed by atoms with Gasteiger partial charge in [-0.05, 0) is 6.92 Å². The number of aliphatic hydroxyl groups is 1. The molecule has 1 amide bonds. The van der Waals surface area contributed by atoms with Crippen molar-refractivity contribution in [1.29, 1.82) is 0 Å². The lowest BCUT2D eigenvalue weighted by Gasteiger charge is -2.03. The number of hydrogen-bond acceptors (Lipinski definition) is 2. The maximum atomic E-state index is 10.7. The minimum Gasteiger partial charge on any atom is -0.390 e. The van der Waals surface area contributed by atoms with Gasteiger partial charge in [-0.3, -0.25) is 4.79 Å². The number of rotatable bonds is 3. The Bertz CT molecular complexity index is 172. The molecule has 0 bridgehead atoms. The summed E-state index contributed by atoms with van der Waals surface area (Å²) in [5, 5.41) is 10.8. The highest BCUT2D eigenvalue weighted by Crippen LogP contribution is 1.88. The molecule has 3 nitrogen and oxygen atoms in total. The van der Waals surface area contributed by atoms with Gasteiger partial charge < -0.3 is 10.4 Å². The van der Waals surface area contributed by atoms with Crippen LogP contribution in [0.15, 0.2) is 24.4 Å². The van der Waals surface area contributed by atoms with Crippen molar-refractivity contribution in [3.63, 3.8) is 0 Å². The van der Waals surface area contributed by atoms with Gasteiger partial charge in [-0.25, -0.2) is 0 Å². The second kappa shape index (κ2) is 3.85. The molecule has 10 heavy (non-hydrogen) atoms. The molecule has 0 fully saturated rings. The molecule has 0 spiro atoms. The summed E-state index contributed by atoms with van der Waals surface area (Å²) in [6.45, 7) is 8.13. The summed E-state index contributed by atoms with van der Waals surface area (Å²) in [7, 11) is 0. The molecule has 0 saturated carbocycles. The monoisotopic (exact) mass is 141 g/mol. The fourth-order valence-electron chi connectivity index (χ4n) is 0.307. The van der Waals surface area contributed by atoms with E-state index in [4.69, 9.17) is 5.11 Å². The summed E-state index contributed by atoms with van der Waals surface area (Å²) in [6, 6.07) is 0. The fraction of sp³-hybridized carbons (Fsp3) is 0.286. The molecule has 0 rings (SSSR count). The molecule has 0 aromatic heterocycles. The van der Waals surface area contributed by atoms with Crippen LogP contribution in [0.1, 0.15) is 6.92 Å². The predicted octanol–water partition coefficient (Wildman–Crippen LogP) is 0.185. The molecular formula is C7H11NO2. The van der Waals surface area contributed by atoms with Crippen LogP contribution in [0.3, 0.4) is 0 Å². The highest BCUT2D eigenvalue weighted by molar-refractivity contribution is 5.93. The lowest BCUT2D eigenvalue weighted by atomic mass is 10.3. The molecule has 3 heteroatoms. The van der Waals surface area contributed by atoms with Crippen molar-refractivity contribution in [2.45, 2.75) is 6.92 Å². The second-order valence-electron chi connectivity index (χ2n) is 2.00. The van der Waals surface area contributed by atoms with E-state index >= 15 is 0 Å². The first-order valence-corrected chi connectivity index (χ1v) is 2.83. The van der Waals surface area contributed by atoms with Crippen molar-refractivity contribution >= 4 is 5.91 Å². The van der Waals surface area contributed by atoms with Crippen LogP contribution in [0.2, 0.25) is 0 Å². The average molecular weight is 141 g/mol. The Balaban J connectivity index is 3.80. The molecule has 0 aliphatic rings. The lowest BCUT2D eigenvalue weighted by molar-refractivity contribution is -0.116. The average Bonchev–Trinajstić information content (AvgIpc) is 1.87. The SMILES string of the molecule is C=C(CO)NC(=O)C(=C)C. The predicted molar refractivity (Wildman–Crippen MR) is 39.2 cm³/mol. The summed E-state index contributed by atoms with van der Waals surface area (Å²) in [5.41, 5.74) is 0.683. The number of hydrogen-bond donors (Lipinski definition) is 2. The molecule has 0 aliphatic carbocycles. The first-order valence-electron chi connectivity index (χ1n) is 2.83. The van der Waals surface area contributed by atoms with Gasteiger partial charge in [0.05, 0.1) is 6.61 Å². The van der Waals surface area contributed by atoms with Crippen molar-refractivity contribution in [1.82, 2.24) is 5.32 Å². The number of amides is 1. The van der Waals surface area contributed by atoms with Gasteiger partial charge in [0, 0.05) is 11.3 Å². The molecule has 0 atom stereocenters. The topological polar surface area (TPSA) is 49.3 Å². The largest absolute Gasteiger partial charge is 0.390 e. The van der Waals surface area contributed by atoms with E-state index < -0.39 is 0 Å². The Morgan fingerprint density at radius 3 is 2.40 bits per heavy atom. The summed E-state index contributed by atoms with van der Waals surface area (Å²) in [5.74, 6) is -0.306. The summed E-state index contributed by atoms with van der Waals surface area (Å²) < 4.78 is 0. The molecule has 0 aromatic rings. The van der Waals surface area contributed by atoms with Gasteiger partial charge in [0.25, 0.3) is 5.91 Å². The third kappa shape index (κ3) is 3.04. The molecule has 0 aliphatic heterocycles. The van der Waals surface area contributed by atoms with Gasteiger partial charge in [-0.2, -0.15) is 0 Å². The zero-order valence-corrected chi connectivity index (χ0v) is 5.98. The quantitative estimate of drug-likeness (QED) is 0.551. The Morgan fingerprint density at radius 2 is 2.10 bits per heavy atom. The molecule has 0 unspecified atom stereocenters. The van der Waals surface area contributed by atoms with E-state index in [-0.39, 0.29) is 18.2 Å². The van der Waals surface area contributed by atoms with Gasteiger partial charge >= 0.3 is 0 Å². The molecule has 0 aromatic carbocycles. The minimum absolute atomic E-state index is 0.237.